The highest BCUT2D eigenvalue weighted by molar-refractivity contribution is 5.77. The number of aryl methyl sites for hydroxylation is 1. The Hall–Kier alpha value is -2.08. The number of carbonyl (C=O) groups excluding carboxylic acids is 1. The molecule has 0 spiro atoms. The van der Waals surface area contributed by atoms with E-state index in [1.54, 1.807) is 13.1 Å². The van der Waals surface area contributed by atoms with Crippen LogP contribution in [0.1, 0.15) is 5.56 Å². The molecule has 0 saturated carbocycles. The highest BCUT2D eigenvalue weighted by Crippen LogP contribution is 2.14. The van der Waals surface area contributed by atoms with Crippen molar-refractivity contribution in [3.05, 3.63) is 34.3 Å². The number of aromatic nitrogens is 1. The number of amides is 1. The van der Waals surface area contributed by atoms with Gasteiger partial charge >= 0.3 is 5.76 Å². The average molecular weight is 250 g/mol. The molecule has 0 saturated heterocycles. The summed E-state index contributed by atoms with van der Waals surface area (Å²) in [4.78, 5) is 22.1. The second-order valence-corrected chi connectivity index (χ2v) is 3.99. The number of nitrogens with zero attached hydrogens (tertiary/aromatic N) is 1. The quantitative estimate of drug-likeness (QED) is 0.786. The largest absolute Gasteiger partial charge is 0.419 e. The smallest absolute Gasteiger partial charge is 0.408 e. The summed E-state index contributed by atoms with van der Waals surface area (Å²) in [7, 11) is 1.65. The van der Waals surface area contributed by atoms with Crippen molar-refractivity contribution in [3.8, 4) is 0 Å². The van der Waals surface area contributed by atoms with E-state index in [1.807, 2.05) is 12.1 Å². The predicted octanol–water partition coefficient (Wildman–Crippen LogP) is -0.218. The molecule has 2 aromatic rings. The van der Waals surface area contributed by atoms with Gasteiger partial charge in [0.1, 0.15) is 6.61 Å². The van der Waals surface area contributed by atoms with Crippen molar-refractivity contribution in [2.75, 3.05) is 13.2 Å². The predicted molar refractivity (Wildman–Crippen MR) is 65.3 cm³/mol. The molecule has 0 unspecified atom stereocenters. The Morgan fingerprint density at radius 3 is 3.00 bits per heavy atom. The highest BCUT2D eigenvalue weighted by Gasteiger charge is 2.06. The lowest BCUT2D eigenvalue weighted by Gasteiger charge is -2.03. The Morgan fingerprint density at radius 2 is 2.28 bits per heavy atom. The fraction of sp³-hybridized carbons (Fsp3) is 0.333. The monoisotopic (exact) mass is 250 g/mol. The van der Waals surface area contributed by atoms with E-state index in [1.165, 1.54) is 4.57 Å². The van der Waals surface area contributed by atoms with Gasteiger partial charge in [-0.25, -0.2) is 4.79 Å². The van der Waals surface area contributed by atoms with Gasteiger partial charge in [-0.1, -0.05) is 6.07 Å². The molecule has 1 aromatic heterocycles. The molecule has 6 nitrogen and oxygen atoms in total. The molecule has 2 rings (SSSR count). The average Bonchev–Trinajstić information content (AvgIpc) is 2.64. The van der Waals surface area contributed by atoms with E-state index in [2.05, 4.69) is 5.32 Å². The Morgan fingerprint density at radius 1 is 1.50 bits per heavy atom. The topological polar surface area (TPSA) is 84.5 Å². The summed E-state index contributed by atoms with van der Waals surface area (Å²) in [6, 6.07) is 5.47. The van der Waals surface area contributed by atoms with Crippen LogP contribution in [-0.2, 0) is 18.3 Å². The molecule has 1 heterocycles. The van der Waals surface area contributed by atoms with E-state index >= 15 is 0 Å². The van der Waals surface area contributed by atoms with Crippen LogP contribution in [-0.4, -0.2) is 28.7 Å². The molecular formula is C12H14N2O4. The summed E-state index contributed by atoms with van der Waals surface area (Å²) in [5.74, 6) is -0.793. The van der Waals surface area contributed by atoms with Gasteiger partial charge in [-0.2, -0.15) is 0 Å². The summed E-state index contributed by atoms with van der Waals surface area (Å²) in [5.41, 5.74) is 2.23. The van der Waals surface area contributed by atoms with Crippen molar-refractivity contribution in [2.45, 2.75) is 6.42 Å². The zero-order valence-electron chi connectivity index (χ0n) is 9.97. The first-order valence-electron chi connectivity index (χ1n) is 5.58. The zero-order valence-corrected chi connectivity index (χ0v) is 9.97. The van der Waals surface area contributed by atoms with Gasteiger partial charge in [0.25, 0.3) is 0 Å². The first kappa shape index (κ1) is 12.4. The number of nitrogens with one attached hydrogen (secondary N) is 1. The van der Waals surface area contributed by atoms with Crippen molar-refractivity contribution < 1.29 is 14.3 Å². The van der Waals surface area contributed by atoms with E-state index < -0.39 is 18.3 Å². The molecule has 0 aliphatic heterocycles. The first-order valence-corrected chi connectivity index (χ1v) is 5.58. The van der Waals surface area contributed by atoms with E-state index in [-0.39, 0.29) is 0 Å². The number of aliphatic hydroxyl groups is 1. The van der Waals surface area contributed by atoms with Crippen LogP contribution >= 0.6 is 0 Å². The van der Waals surface area contributed by atoms with Gasteiger partial charge in [0.05, 0.1) is 5.52 Å². The van der Waals surface area contributed by atoms with Gasteiger partial charge in [-0.15, -0.1) is 0 Å². The van der Waals surface area contributed by atoms with E-state index in [0.29, 0.717) is 18.5 Å². The molecule has 0 atom stereocenters. The number of hydrogen-bond acceptors (Lipinski definition) is 4. The molecule has 2 N–H and O–H groups in total. The summed E-state index contributed by atoms with van der Waals surface area (Å²) < 4.78 is 6.51. The molecule has 0 bridgehead atoms. The van der Waals surface area contributed by atoms with Gasteiger partial charge in [0, 0.05) is 13.6 Å². The number of fused-ring (bicyclic) bond motifs is 1. The summed E-state index contributed by atoms with van der Waals surface area (Å²) in [6.07, 6.45) is 0.611. The maximum atomic E-state index is 11.3. The molecule has 1 aromatic carbocycles. The Labute approximate surface area is 103 Å². The molecule has 0 aliphatic carbocycles. The fourth-order valence-electron chi connectivity index (χ4n) is 1.74. The van der Waals surface area contributed by atoms with E-state index in [9.17, 15) is 9.59 Å². The lowest BCUT2D eigenvalue weighted by Crippen LogP contribution is -2.28. The van der Waals surface area contributed by atoms with Crippen LogP contribution in [0, 0.1) is 0 Å². The van der Waals surface area contributed by atoms with Crippen LogP contribution in [0.3, 0.4) is 0 Å². The van der Waals surface area contributed by atoms with Gasteiger partial charge in [0.15, 0.2) is 5.58 Å². The Balaban J connectivity index is 2.11. The number of hydrogen-bond donors (Lipinski definition) is 2. The second kappa shape index (κ2) is 5.05. The lowest BCUT2D eigenvalue weighted by molar-refractivity contribution is -0.123. The minimum Gasteiger partial charge on any atom is -0.408 e. The maximum absolute atomic E-state index is 11.3. The minimum atomic E-state index is -0.507. The van der Waals surface area contributed by atoms with Crippen LogP contribution in [0.15, 0.2) is 27.4 Å². The number of carbonyl (C=O) groups is 1. The van der Waals surface area contributed by atoms with Crippen molar-refractivity contribution >= 4 is 17.0 Å². The standard InChI is InChI=1S/C12H14N2O4/c1-14-9-3-2-8(4-5-13-11(16)7-15)6-10(9)18-12(14)17/h2-3,6,15H,4-5,7H2,1H3,(H,13,16). The number of aliphatic hydroxyl groups excluding tert-OH is 1. The molecule has 0 fully saturated rings. The van der Waals surface area contributed by atoms with Gasteiger partial charge in [-0.3, -0.25) is 9.36 Å². The van der Waals surface area contributed by atoms with Gasteiger partial charge in [-0.05, 0) is 24.1 Å². The second-order valence-electron chi connectivity index (χ2n) is 3.99. The first-order chi connectivity index (χ1) is 8.61. The van der Waals surface area contributed by atoms with Crippen LogP contribution in [0.2, 0.25) is 0 Å². The third kappa shape index (κ3) is 2.43. The summed E-state index contributed by atoms with van der Waals surface area (Å²) in [5, 5.41) is 11.1. The number of rotatable bonds is 4. The third-order valence-corrected chi connectivity index (χ3v) is 2.74. The highest BCUT2D eigenvalue weighted by atomic mass is 16.4. The Kier molecular flexibility index (Phi) is 3.47. The van der Waals surface area contributed by atoms with Crippen molar-refractivity contribution in [1.82, 2.24) is 9.88 Å². The lowest BCUT2D eigenvalue weighted by atomic mass is 10.1. The molecular weight excluding hydrogens is 236 g/mol. The van der Waals surface area contributed by atoms with Crippen LogP contribution < -0.4 is 11.1 Å². The van der Waals surface area contributed by atoms with Crippen molar-refractivity contribution in [3.63, 3.8) is 0 Å². The van der Waals surface area contributed by atoms with E-state index in [0.717, 1.165) is 11.1 Å². The fourth-order valence-corrected chi connectivity index (χ4v) is 1.74. The van der Waals surface area contributed by atoms with Crippen LogP contribution in [0.5, 0.6) is 0 Å². The number of benzene rings is 1. The van der Waals surface area contributed by atoms with Crippen molar-refractivity contribution in [2.24, 2.45) is 7.05 Å². The third-order valence-electron chi connectivity index (χ3n) is 2.74. The molecule has 1 amide bonds. The molecule has 6 heteroatoms. The Bertz CT molecular complexity index is 627. The van der Waals surface area contributed by atoms with E-state index in [4.69, 9.17) is 9.52 Å². The van der Waals surface area contributed by atoms with Crippen molar-refractivity contribution in [1.29, 1.82) is 0 Å². The molecule has 96 valence electrons. The van der Waals surface area contributed by atoms with Gasteiger partial charge < -0.3 is 14.8 Å². The molecule has 0 radical (unpaired) electrons. The molecule has 0 aliphatic rings. The maximum Gasteiger partial charge on any atom is 0.419 e. The summed E-state index contributed by atoms with van der Waals surface area (Å²) in [6.45, 7) is -0.0748. The minimum absolute atomic E-state index is 0.393. The normalized spacial score (nSPS) is 10.8. The van der Waals surface area contributed by atoms with Gasteiger partial charge in [0.2, 0.25) is 5.91 Å². The summed E-state index contributed by atoms with van der Waals surface area (Å²) >= 11 is 0. The van der Waals surface area contributed by atoms with Crippen LogP contribution in [0.4, 0.5) is 0 Å². The zero-order chi connectivity index (χ0) is 13.1. The number of oxazole rings is 1. The molecule has 18 heavy (non-hydrogen) atoms. The SMILES string of the molecule is Cn1c(=O)oc2cc(CCNC(=O)CO)ccc21. The van der Waals surface area contributed by atoms with Crippen LogP contribution in [0.25, 0.3) is 11.1 Å².